The second-order valence-corrected chi connectivity index (χ2v) is 4.16. The fourth-order valence-electron chi connectivity index (χ4n) is 1.77. The summed E-state index contributed by atoms with van der Waals surface area (Å²) in [6.45, 7) is 3.79. The SMILES string of the molecule is C=CCOC(=O)C=C(c1ccccc1)C1CC1. The smallest absolute Gasteiger partial charge is 0.331 e. The molecule has 2 nitrogen and oxygen atoms in total. The summed E-state index contributed by atoms with van der Waals surface area (Å²) in [4.78, 5) is 11.6. The van der Waals surface area contributed by atoms with Gasteiger partial charge in [0.1, 0.15) is 6.61 Å². The predicted molar refractivity (Wildman–Crippen MR) is 68.3 cm³/mol. The number of carbonyl (C=O) groups is 1. The summed E-state index contributed by atoms with van der Waals surface area (Å²) in [6, 6.07) is 10.0. The number of ether oxygens (including phenoxy) is 1. The topological polar surface area (TPSA) is 26.3 Å². The Morgan fingerprint density at radius 3 is 2.65 bits per heavy atom. The molecule has 0 amide bonds. The van der Waals surface area contributed by atoms with E-state index in [-0.39, 0.29) is 12.6 Å². The molecular weight excluding hydrogens is 212 g/mol. The van der Waals surface area contributed by atoms with Gasteiger partial charge in [-0.05, 0) is 29.9 Å². The first-order valence-electron chi connectivity index (χ1n) is 5.86. The highest BCUT2D eigenvalue weighted by molar-refractivity contribution is 5.92. The first-order chi connectivity index (χ1) is 8.31. The van der Waals surface area contributed by atoms with Crippen LogP contribution in [0.25, 0.3) is 5.57 Å². The van der Waals surface area contributed by atoms with Crippen LogP contribution in [0.5, 0.6) is 0 Å². The predicted octanol–water partition coefficient (Wildman–Crippen LogP) is 3.21. The van der Waals surface area contributed by atoms with Crippen LogP contribution in [-0.2, 0) is 9.53 Å². The molecule has 1 aliphatic rings. The Morgan fingerprint density at radius 1 is 1.35 bits per heavy atom. The molecule has 0 aliphatic heterocycles. The van der Waals surface area contributed by atoms with E-state index in [1.807, 2.05) is 30.3 Å². The van der Waals surface area contributed by atoms with Gasteiger partial charge in [0.25, 0.3) is 0 Å². The normalized spacial score (nSPS) is 15.4. The van der Waals surface area contributed by atoms with Crippen molar-refractivity contribution >= 4 is 11.5 Å². The van der Waals surface area contributed by atoms with Crippen LogP contribution in [0.3, 0.4) is 0 Å². The average molecular weight is 228 g/mol. The number of rotatable bonds is 5. The van der Waals surface area contributed by atoms with Gasteiger partial charge in [-0.15, -0.1) is 0 Å². The fourth-order valence-corrected chi connectivity index (χ4v) is 1.77. The van der Waals surface area contributed by atoms with Crippen molar-refractivity contribution in [3.8, 4) is 0 Å². The van der Waals surface area contributed by atoms with E-state index in [4.69, 9.17) is 4.74 Å². The Kier molecular flexibility index (Phi) is 3.76. The van der Waals surface area contributed by atoms with Gasteiger partial charge in [0.15, 0.2) is 0 Å². The lowest BCUT2D eigenvalue weighted by Gasteiger charge is -2.06. The molecule has 0 bridgehead atoms. The number of esters is 1. The molecule has 88 valence electrons. The van der Waals surface area contributed by atoms with Crippen molar-refractivity contribution in [2.24, 2.45) is 5.92 Å². The molecule has 1 saturated carbocycles. The second kappa shape index (κ2) is 5.48. The second-order valence-electron chi connectivity index (χ2n) is 4.16. The zero-order valence-electron chi connectivity index (χ0n) is 9.76. The van der Waals surface area contributed by atoms with Gasteiger partial charge in [0.05, 0.1) is 0 Å². The minimum Gasteiger partial charge on any atom is -0.458 e. The van der Waals surface area contributed by atoms with Crippen LogP contribution < -0.4 is 0 Å². The zero-order chi connectivity index (χ0) is 12.1. The Hall–Kier alpha value is -1.83. The molecule has 0 aromatic heterocycles. The van der Waals surface area contributed by atoms with E-state index >= 15 is 0 Å². The van der Waals surface area contributed by atoms with Gasteiger partial charge in [-0.3, -0.25) is 0 Å². The van der Waals surface area contributed by atoms with Gasteiger partial charge in [-0.1, -0.05) is 43.0 Å². The van der Waals surface area contributed by atoms with E-state index in [0.29, 0.717) is 5.92 Å². The lowest BCUT2D eigenvalue weighted by atomic mass is 10.0. The molecule has 0 N–H and O–H groups in total. The van der Waals surface area contributed by atoms with Crippen molar-refractivity contribution in [3.05, 3.63) is 54.6 Å². The van der Waals surface area contributed by atoms with Crippen LogP contribution in [0.2, 0.25) is 0 Å². The zero-order valence-corrected chi connectivity index (χ0v) is 9.76. The highest BCUT2D eigenvalue weighted by Crippen LogP contribution is 2.41. The standard InChI is InChI=1S/C15H16O2/c1-2-10-17-15(16)11-14(13-8-9-13)12-6-4-3-5-7-12/h2-7,11,13H,1,8-10H2. The third-order valence-corrected chi connectivity index (χ3v) is 2.74. The van der Waals surface area contributed by atoms with Crippen molar-refractivity contribution in [2.45, 2.75) is 12.8 Å². The van der Waals surface area contributed by atoms with E-state index in [0.717, 1.165) is 24.0 Å². The summed E-state index contributed by atoms with van der Waals surface area (Å²) in [7, 11) is 0. The Morgan fingerprint density at radius 2 is 2.06 bits per heavy atom. The molecule has 0 atom stereocenters. The van der Waals surface area contributed by atoms with Crippen LogP contribution in [-0.4, -0.2) is 12.6 Å². The van der Waals surface area contributed by atoms with Gasteiger partial charge in [-0.2, -0.15) is 0 Å². The molecule has 2 rings (SSSR count). The van der Waals surface area contributed by atoms with E-state index in [2.05, 4.69) is 6.58 Å². The summed E-state index contributed by atoms with van der Waals surface area (Å²) in [5, 5.41) is 0. The molecule has 1 aromatic rings. The maximum Gasteiger partial charge on any atom is 0.331 e. The van der Waals surface area contributed by atoms with Crippen molar-refractivity contribution in [2.75, 3.05) is 6.61 Å². The average Bonchev–Trinajstić information content (AvgIpc) is 3.19. The van der Waals surface area contributed by atoms with Crippen LogP contribution in [0.15, 0.2) is 49.1 Å². The van der Waals surface area contributed by atoms with Crippen molar-refractivity contribution in [3.63, 3.8) is 0 Å². The number of hydrogen-bond acceptors (Lipinski definition) is 2. The Balaban J connectivity index is 2.15. The number of hydrogen-bond donors (Lipinski definition) is 0. The molecule has 0 radical (unpaired) electrons. The van der Waals surface area contributed by atoms with Crippen molar-refractivity contribution in [1.82, 2.24) is 0 Å². The minimum atomic E-state index is -0.282. The summed E-state index contributed by atoms with van der Waals surface area (Å²) in [5.41, 5.74) is 2.21. The third kappa shape index (κ3) is 3.31. The van der Waals surface area contributed by atoms with Gasteiger partial charge >= 0.3 is 5.97 Å². The summed E-state index contributed by atoms with van der Waals surface area (Å²) in [6.07, 6.45) is 5.52. The highest BCUT2D eigenvalue weighted by Gasteiger charge is 2.27. The van der Waals surface area contributed by atoms with Crippen LogP contribution >= 0.6 is 0 Å². The van der Waals surface area contributed by atoms with E-state index in [1.54, 1.807) is 12.2 Å². The quantitative estimate of drug-likeness (QED) is 0.439. The van der Waals surface area contributed by atoms with Gasteiger partial charge < -0.3 is 4.74 Å². The first-order valence-corrected chi connectivity index (χ1v) is 5.86. The molecule has 0 unspecified atom stereocenters. The maximum absolute atomic E-state index is 11.6. The van der Waals surface area contributed by atoms with E-state index < -0.39 is 0 Å². The van der Waals surface area contributed by atoms with Crippen molar-refractivity contribution < 1.29 is 9.53 Å². The summed E-state index contributed by atoms with van der Waals surface area (Å²) in [5.74, 6) is 0.240. The molecule has 17 heavy (non-hydrogen) atoms. The lowest BCUT2D eigenvalue weighted by molar-refractivity contribution is -0.136. The van der Waals surface area contributed by atoms with Crippen LogP contribution in [0.1, 0.15) is 18.4 Å². The van der Waals surface area contributed by atoms with Gasteiger partial charge in [-0.25, -0.2) is 4.79 Å². The van der Waals surface area contributed by atoms with Gasteiger partial charge in [0, 0.05) is 6.08 Å². The molecule has 1 aliphatic carbocycles. The molecule has 1 fully saturated rings. The minimum absolute atomic E-state index is 0.266. The first kappa shape index (κ1) is 11.6. The molecular formula is C15H16O2. The van der Waals surface area contributed by atoms with E-state index in [1.165, 1.54) is 0 Å². The molecule has 0 spiro atoms. The maximum atomic E-state index is 11.6. The Bertz CT molecular complexity index is 427. The molecule has 0 saturated heterocycles. The van der Waals surface area contributed by atoms with E-state index in [9.17, 15) is 4.79 Å². The summed E-state index contributed by atoms with van der Waals surface area (Å²) < 4.78 is 4.99. The highest BCUT2D eigenvalue weighted by atomic mass is 16.5. The molecule has 2 heteroatoms. The Labute approximate surface area is 102 Å². The largest absolute Gasteiger partial charge is 0.458 e. The lowest BCUT2D eigenvalue weighted by Crippen LogP contribution is -2.02. The number of benzene rings is 1. The van der Waals surface area contributed by atoms with Gasteiger partial charge in [0.2, 0.25) is 0 Å². The number of allylic oxidation sites excluding steroid dienone is 1. The summed E-state index contributed by atoms with van der Waals surface area (Å²) >= 11 is 0. The third-order valence-electron chi connectivity index (χ3n) is 2.74. The van der Waals surface area contributed by atoms with Crippen LogP contribution in [0.4, 0.5) is 0 Å². The van der Waals surface area contributed by atoms with Crippen LogP contribution in [0, 0.1) is 5.92 Å². The monoisotopic (exact) mass is 228 g/mol. The number of carbonyl (C=O) groups excluding carboxylic acids is 1. The molecule has 0 heterocycles. The van der Waals surface area contributed by atoms with Crippen molar-refractivity contribution in [1.29, 1.82) is 0 Å². The molecule has 1 aromatic carbocycles. The fraction of sp³-hybridized carbons (Fsp3) is 0.267.